The summed E-state index contributed by atoms with van der Waals surface area (Å²) >= 11 is 0. The minimum atomic E-state index is -0.609. The maximum absolute atomic E-state index is 14.2. The molecule has 0 aliphatic carbocycles. The van der Waals surface area contributed by atoms with Gasteiger partial charge in [-0.1, -0.05) is 0 Å². The predicted molar refractivity (Wildman–Crippen MR) is 120 cm³/mol. The summed E-state index contributed by atoms with van der Waals surface area (Å²) in [5.41, 5.74) is 0.217. The molecule has 2 atom stereocenters. The first-order chi connectivity index (χ1) is 16.4. The van der Waals surface area contributed by atoms with Gasteiger partial charge in [0.15, 0.2) is 11.6 Å². The minimum absolute atomic E-state index is 0.0224. The Morgan fingerprint density at radius 3 is 2.44 bits per heavy atom. The van der Waals surface area contributed by atoms with Crippen molar-refractivity contribution in [2.24, 2.45) is 5.92 Å². The molecule has 0 unspecified atom stereocenters. The van der Waals surface area contributed by atoms with Crippen molar-refractivity contribution < 1.29 is 32.6 Å². The molecule has 0 aromatic heterocycles. The first-order valence-corrected chi connectivity index (χ1v) is 11.3. The second-order valence-corrected chi connectivity index (χ2v) is 8.46. The summed E-state index contributed by atoms with van der Waals surface area (Å²) in [5, 5.41) is 0. The van der Waals surface area contributed by atoms with Crippen LogP contribution in [0, 0.1) is 17.6 Å². The van der Waals surface area contributed by atoms with Crippen LogP contribution in [0.2, 0.25) is 0 Å². The van der Waals surface area contributed by atoms with E-state index in [0.29, 0.717) is 45.0 Å². The van der Waals surface area contributed by atoms with E-state index in [9.17, 15) is 18.4 Å². The maximum atomic E-state index is 14.2. The molecule has 2 aromatic carbocycles. The van der Waals surface area contributed by atoms with Gasteiger partial charge in [-0.25, -0.2) is 8.78 Å². The Morgan fingerprint density at radius 2 is 1.76 bits per heavy atom. The van der Waals surface area contributed by atoms with Crippen molar-refractivity contribution in [2.75, 3.05) is 46.5 Å². The molecule has 2 fully saturated rings. The van der Waals surface area contributed by atoms with E-state index in [1.807, 2.05) is 0 Å². The summed E-state index contributed by atoms with van der Waals surface area (Å²) in [7, 11) is 1.36. The van der Waals surface area contributed by atoms with Crippen molar-refractivity contribution in [2.45, 2.75) is 18.9 Å². The average Bonchev–Trinajstić information content (AvgIpc) is 2.86. The summed E-state index contributed by atoms with van der Waals surface area (Å²) in [6, 6.07) is 9.85. The number of rotatable bonds is 6. The van der Waals surface area contributed by atoms with E-state index in [1.54, 1.807) is 21.9 Å². The van der Waals surface area contributed by atoms with Gasteiger partial charge in [-0.3, -0.25) is 9.59 Å². The molecule has 2 aromatic rings. The fourth-order valence-corrected chi connectivity index (χ4v) is 4.38. The van der Waals surface area contributed by atoms with Gasteiger partial charge in [-0.2, -0.15) is 0 Å². The zero-order valence-electron chi connectivity index (χ0n) is 19.0. The van der Waals surface area contributed by atoms with Crippen molar-refractivity contribution in [3.8, 4) is 11.5 Å². The van der Waals surface area contributed by atoms with Crippen molar-refractivity contribution in [3.05, 3.63) is 59.7 Å². The zero-order chi connectivity index (χ0) is 24.1. The zero-order valence-corrected chi connectivity index (χ0v) is 19.0. The number of hydrogen-bond donors (Lipinski definition) is 0. The number of methoxy groups -OCH3 is 1. The fraction of sp³-hybridized carbons (Fsp3) is 0.440. The minimum Gasteiger partial charge on any atom is -0.494 e. The lowest BCUT2D eigenvalue weighted by molar-refractivity contribution is -0.137. The lowest BCUT2D eigenvalue weighted by Crippen LogP contribution is -2.50. The van der Waals surface area contributed by atoms with Gasteiger partial charge in [0.2, 0.25) is 5.91 Å². The van der Waals surface area contributed by atoms with Crippen molar-refractivity contribution in [3.63, 3.8) is 0 Å². The molecule has 0 bridgehead atoms. The first kappa shape index (κ1) is 23.9. The predicted octanol–water partition coefficient (Wildman–Crippen LogP) is 3.13. The number of hydrogen-bond acceptors (Lipinski definition) is 5. The number of piperidine rings is 1. The average molecular weight is 475 g/mol. The molecule has 4 rings (SSSR count). The molecule has 9 heteroatoms. The van der Waals surface area contributed by atoms with Crippen LogP contribution in [0.3, 0.4) is 0 Å². The van der Waals surface area contributed by atoms with Crippen molar-refractivity contribution >= 4 is 11.8 Å². The molecule has 2 aliphatic heterocycles. The summed E-state index contributed by atoms with van der Waals surface area (Å²) < 4.78 is 43.8. The Hall–Kier alpha value is -3.20. The number of nitrogens with zero attached hydrogens (tertiary/aromatic N) is 2. The number of likely N-dealkylation sites (tertiary alicyclic amines) is 1. The lowest BCUT2D eigenvalue weighted by atomic mass is 9.90. The highest BCUT2D eigenvalue weighted by molar-refractivity contribution is 5.94. The third-order valence-electron chi connectivity index (χ3n) is 6.25. The monoisotopic (exact) mass is 474 g/mol. The molecule has 34 heavy (non-hydrogen) atoms. The number of amides is 2. The molecule has 0 spiro atoms. The van der Waals surface area contributed by atoms with Crippen LogP contribution in [0.1, 0.15) is 23.2 Å². The fourth-order valence-electron chi connectivity index (χ4n) is 4.38. The van der Waals surface area contributed by atoms with Crippen LogP contribution in [-0.2, 0) is 9.53 Å². The van der Waals surface area contributed by atoms with Crippen LogP contribution in [0.5, 0.6) is 11.5 Å². The van der Waals surface area contributed by atoms with Crippen molar-refractivity contribution in [1.29, 1.82) is 0 Å². The van der Waals surface area contributed by atoms with E-state index < -0.39 is 5.82 Å². The molecule has 2 amide bonds. The van der Waals surface area contributed by atoms with Gasteiger partial charge >= 0.3 is 0 Å². The quantitative estimate of drug-likeness (QED) is 0.644. The molecular formula is C25H28F2N2O5. The normalized spacial score (nSPS) is 20.7. The standard InChI is InChI=1S/C25H28F2N2O5/c1-32-23-7-2-17(14-21(23)27)25(31)29-9-8-22(34-20-5-3-19(26)4-6-20)18(16-29)15-24(30)28-10-12-33-13-11-28/h2-7,14,18,22H,8-13,15-16H2,1H3/t18-,22-/m0/s1. The molecule has 0 saturated carbocycles. The van der Waals surface area contributed by atoms with Gasteiger partial charge in [-0.05, 0) is 42.5 Å². The topological polar surface area (TPSA) is 68.3 Å². The summed E-state index contributed by atoms with van der Waals surface area (Å²) in [6.45, 7) is 2.74. The Balaban J connectivity index is 1.49. The van der Waals surface area contributed by atoms with Crippen LogP contribution in [0.25, 0.3) is 0 Å². The maximum Gasteiger partial charge on any atom is 0.253 e. The van der Waals surface area contributed by atoms with Gasteiger partial charge in [0.05, 0.1) is 20.3 Å². The number of morpholine rings is 1. The van der Waals surface area contributed by atoms with Crippen LogP contribution >= 0.6 is 0 Å². The molecule has 7 nitrogen and oxygen atoms in total. The number of ether oxygens (including phenoxy) is 3. The van der Waals surface area contributed by atoms with Gasteiger partial charge in [0.1, 0.15) is 17.7 Å². The third-order valence-corrected chi connectivity index (χ3v) is 6.25. The molecule has 0 radical (unpaired) electrons. The van der Waals surface area contributed by atoms with Crippen LogP contribution in [-0.4, -0.2) is 74.2 Å². The Bertz CT molecular complexity index is 1010. The number of carbonyl (C=O) groups is 2. The summed E-state index contributed by atoms with van der Waals surface area (Å²) in [6.07, 6.45) is 0.363. The number of benzene rings is 2. The Morgan fingerprint density at radius 1 is 1.03 bits per heavy atom. The Kier molecular flexibility index (Phi) is 7.62. The van der Waals surface area contributed by atoms with Gasteiger partial charge < -0.3 is 24.0 Å². The van der Waals surface area contributed by atoms with E-state index >= 15 is 0 Å². The van der Waals surface area contributed by atoms with Crippen LogP contribution in [0.4, 0.5) is 8.78 Å². The highest BCUT2D eigenvalue weighted by Gasteiger charge is 2.36. The van der Waals surface area contributed by atoms with Crippen LogP contribution < -0.4 is 9.47 Å². The van der Waals surface area contributed by atoms with Gasteiger partial charge in [0.25, 0.3) is 5.91 Å². The van der Waals surface area contributed by atoms with E-state index in [1.165, 1.54) is 31.4 Å². The number of halogens is 2. The smallest absolute Gasteiger partial charge is 0.253 e. The van der Waals surface area contributed by atoms with Crippen molar-refractivity contribution in [1.82, 2.24) is 9.80 Å². The number of carbonyl (C=O) groups excluding carboxylic acids is 2. The first-order valence-electron chi connectivity index (χ1n) is 11.3. The summed E-state index contributed by atoms with van der Waals surface area (Å²) in [5.74, 6) is -1.01. The molecule has 182 valence electrons. The largest absolute Gasteiger partial charge is 0.494 e. The lowest BCUT2D eigenvalue weighted by Gasteiger charge is -2.39. The van der Waals surface area contributed by atoms with E-state index in [0.717, 1.165) is 6.07 Å². The molecule has 2 heterocycles. The van der Waals surface area contributed by atoms with Gasteiger partial charge in [-0.15, -0.1) is 0 Å². The second kappa shape index (κ2) is 10.8. The van der Waals surface area contributed by atoms with Crippen LogP contribution in [0.15, 0.2) is 42.5 Å². The molecular weight excluding hydrogens is 446 g/mol. The highest BCUT2D eigenvalue weighted by Crippen LogP contribution is 2.28. The molecule has 0 N–H and O–H groups in total. The third kappa shape index (κ3) is 5.64. The SMILES string of the molecule is COc1ccc(C(=O)N2CC[C@H](Oc3ccc(F)cc3)[C@@H](CC(=O)N3CCOCC3)C2)cc1F. The van der Waals surface area contributed by atoms with E-state index in [2.05, 4.69) is 0 Å². The molecule has 2 aliphatic rings. The Labute approximate surface area is 197 Å². The second-order valence-electron chi connectivity index (χ2n) is 8.46. The highest BCUT2D eigenvalue weighted by atomic mass is 19.1. The molecule has 2 saturated heterocycles. The van der Waals surface area contributed by atoms with E-state index in [4.69, 9.17) is 14.2 Å². The van der Waals surface area contributed by atoms with E-state index in [-0.39, 0.29) is 53.9 Å². The summed E-state index contributed by atoms with van der Waals surface area (Å²) in [4.78, 5) is 29.5. The van der Waals surface area contributed by atoms with Gasteiger partial charge in [0, 0.05) is 50.5 Å².